The Balaban J connectivity index is 2.52. The quantitative estimate of drug-likeness (QED) is 0.574. The van der Waals surface area contributed by atoms with Gasteiger partial charge in [0, 0.05) is 23.6 Å². The van der Waals surface area contributed by atoms with Gasteiger partial charge >= 0.3 is 12.0 Å². The predicted octanol–water partition coefficient (Wildman–Crippen LogP) is 2.06. The second kappa shape index (κ2) is 8.55. The van der Waals surface area contributed by atoms with Crippen molar-refractivity contribution in [2.75, 3.05) is 6.54 Å². The van der Waals surface area contributed by atoms with Gasteiger partial charge in [-0.3, -0.25) is 4.79 Å². The van der Waals surface area contributed by atoms with E-state index in [9.17, 15) is 19.1 Å². The van der Waals surface area contributed by atoms with E-state index in [0.717, 1.165) is 0 Å². The van der Waals surface area contributed by atoms with Crippen LogP contribution >= 0.6 is 11.6 Å². The molecule has 0 radical (unpaired) electrons. The van der Waals surface area contributed by atoms with E-state index in [1.54, 1.807) is 0 Å². The number of nitrogens with one attached hydrogen (secondary N) is 2. The van der Waals surface area contributed by atoms with Crippen molar-refractivity contribution in [3.8, 4) is 0 Å². The van der Waals surface area contributed by atoms with Crippen molar-refractivity contribution in [1.29, 1.82) is 0 Å². The number of hydrogen-bond acceptors (Lipinski definition) is 3. The summed E-state index contributed by atoms with van der Waals surface area (Å²) in [6, 6.07) is 2.67. The van der Waals surface area contributed by atoms with Crippen LogP contribution in [0.3, 0.4) is 0 Å². The highest BCUT2D eigenvalue weighted by molar-refractivity contribution is 6.31. The Kier molecular flexibility index (Phi) is 7.07. The molecule has 2 unspecified atom stereocenters. The fourth-order valence-corrected chi connectivity index (χ4v) is 2.10. The summed E-state index contributed by atoms with van der Waals surface area (Å²) in [7, 11) is 0. The summed E-state index contributed by atoms with van der Waals surface area (Å²) in [4.78, 5) is 21.9. The van der Waals surface area contributed by atoms with Gasteiger partial charge in [-0.05, 0) is 25.5 Å². The minimum atomic E-state index is -1.31. The number of benzene rings is 1. The van der Waals surface area contributed by atoms with E-state index in [4.69, 9.17) is 16.7 Å². The molecule has 0 bridgehead atoms. The fourth-order valence-electron chi connectivity index (χ4n) is 1.82. The summed E-state index contributed by atoms with van der Waals surface area (Å²) in [6.07, 6.45) is -1.07. The minimum absolute atomic E-state index is 0.0523. The maximum Gasteiger partial charge on any atom is 0.315 e. The van der Waals surface area contributed by atoms with Crippen LogP contribution in [0.1, 0.15) is 31.4 Å². The second-order valence-corrected chi connectivity index (χ2v) is 5.17. The van der Waals surface area contributed by atoms with Crippen LogP contribution in [-0.2, 0) is 4.79 Å². The van der Waals surface area contributed by atoms with Gasteiger partial charge in [0.1, 0.15) is 11.9 Å². The van der Waals surface area contributed by atoms with Crippen molar-refractivity contribution >= 4 is 23.6 Å². The molecule has 122 valence electrons. The average molecular weight is 333 g/mol. The summed E-state index contributed by atoms with van der Waals surface area (Å²) in [5, 5.41) is 23.5. The molecule has 0 aliphatic rings. The first-order chi connectivity index (χ1) is 10.3. The molecule has 6 nitrogen and oxygen atoms in total. The maximum absolute atomic E-state index is 13.7. The molecule has 0 aliphatic heterocycles. The Morgan fingerprint density at radius 2 is 2.09 bits per heavy atom. The molecule has 0 saturated heterocycles. The van der Waals surface area contributed by atoms with E-state index >= 15 is 0 Å². The third kappa shape index (κ3) is 5.50. The Bertz CT molecular complexity index is 521. The topological polar surface area (TPSA) is 98.7 Å². The number of carboxylic acid groups (broad SMARTS) is 1. The molecule has 1 aromatic carbocycles. The van der Waals surface area contributed by atoms with Crippen LogP contribution in [0.15, 0.2) is 18.2 Å². The van der Waals surface area contributed by atoms with E-state index in [1.165, 1.54) is 25.1 Å². The zero-order valence-corrected chi connectivity index (χ0v) is 12.7. The first kappa shape index (κ1) is 18.2. The van der Waals surface area contributed by atoms with Crippen molar-refractivity contribution in [1.82, 2.24) is 10.6 Å². The number of urea groups is 1. The summed E-state index contributed by atoms with van der Waals surface area (Å²) < 4.78 is 13.7. The summed E-state index contributed by atoms with van der Waals surface area (Å²) in [5.41, 5.74) is -0.0807. The molecule has 4 N–H and O–H groups in total. The molecule has 1 rings (SSSR count). The zero-order chi connectivity index (χ0) is 16.7. The first-order valence-corrected chi connectivity index (χ1v) is 7.09. The van der Waals surface area contributed by atoms with E-state index in [2.05, 4.69) is 10.6 Å². The number of halogens is 2. The van der Waals surface area contributed by atoms with Gasteiger partial charge in [0.05, 0.1) is 6.04 Å². The number of amides is 2. The zero-order valence-electron chi connectivity index (χ0n) is 12.0. The molecule has 1 aromatic rings. The molecule has 0 aliphatic carbocycles. The van der Waals surface area contributed by atoms with Gasteiger partial charge in [0.25, 0.3) is 0 Å². The number of carbonyl (C=O) groups is 2. The van der Waals surface area contributed by atoms with Crippen LogP contribution in [0.25, 0.3) is 0 Å². The lowest BCUT2D eigenvalue weighted by molar-refractivity contribution is -0.137. The van der Waals surface area contributed by atoms with Gasteiger partial charge in [-0.1, -0.05) is 17.7 Å². The van der Waals surface area contributed by atoms with Crippen molar-refractivity contribution in [2.24, 2.45) is 0 Å². The Labute approximate surface area is 132 Å². The molecule has 0 heterocycles. The molecule has 2 atom stereocenters. The highest BCUT2D eigenvalue weighted by Crippen LogP contribution is 2.27. The molecular formula is C14H18ClFN2O4. The van der Waals surface area contributed by atoms with Crippen molar-refractivity contribution in [3.05, 3.63) is 34.6 Å². The smallest absolute Gasteiger partial charge is 0.315 e. The Morgan fingerprint density at radius 3 is 2.68 bits per heavy atom. The van der Waals surface area contributed by atoms with E-state index in [-0.39, 0.29) is 23.6 Å². The van der Waals surface area contributed by atoms with E-state index < -0.39 is 30.0 Å². The fraction of sp³-hybridized carbons (Fsp3) is 0.429. The van der Waals surface area contributed by atoms with Crippen LogP contribution in [0, 0.1) is 5.82 Å². The lowest BCUT2D eigenvalue weighted by Gasteiger charge is -2.22. The standard InChI is InChI=1S/C14H18ClFN2O4/c1-8(18-14(22)17-7-3-6-11(19)20)13(21)12-9(15)4-2-5-10(12)16/h2,4-5,8,13,21H,3,6-7H2,1H3,(H,19,20)(H2,17,18,22). The van der Waals surface area contributed by atoms with Crippen molar-refractivity contribution in [3.63, 3.8) is 0 Å². The minimum Gasteiger partial charge on any atom is -0.481 e. The highest BCUT2D eigenvalue weighted by Gasteiger charge is 2.23. The monoisotopic (exact) mass is 332 g/mol. The Morgan fingerprint density at radius 1 is 1.41 bits per heavy atom. The van der Waals surface area contributed by atoms with Gasteiger partial charge in [0.15, 0.2) is 0 Å². The van der Waals surface area contributed by atoms with Gasteiger partial charge in [-0.15, -0.1) is 0 Å². The normalized spacial score (nSPS) is 13.3. The van der Waals surface area contributed by atoms with Crippen LogP contribution < -0.4 is 10.6 Å². The molecule has 0 fully saturated rings. The van der Waals surface area contributed by atoms with Gasteiger partial charge in [-0.2, -0.15) is 0 Å². The summed E-state index contributed by atoms with van der Waals surface area (Å²) in [6.45, 7) is 1.69. The lowest BCUT2D eigenvalue weighted by atomic mass is 10.0. The van der Waals surface area contributed by atoms with Gasteiger partial charge < -0.3 is 20.8 Å². The molecule has 2 amide bonds. The van der Waals surface area contributed by atoms with Crippen LogP contribution in [-0.4, -0.2) is 34.8 Å². The number of aliphatic carboxylic acids is 1. The van der Waals surface area contributed by atoms with E-state index in [1.807, 2.05) is 0 Å². The molecule has 0 aromatic heterocycles. The number of carbonyl (C=O) groups excluding carboxylic acids is 1. The van der Waals surface area contributed by atoms with Crippen LogP contribution in [0.2, 0.25) is 5.02 Å². The van der Waals surface area contributed by atoms with Crippen molar-refractivity contribution in [2.45, 2.75) is 31.9 Å². The lowest BCUT2D eigenvalue weighted by Crippen LogP contribution is -2.43. The van der Waals surface area contributed by atoms with Gasteiger partial charge in [-0.25, -0.2) is 9.18 Å². The molecule has 22 heavy (non-hydrogen) atoms. The first-order valence-electron chi connectivity index (χ1n) is 6.71. The van der Waals surface area contributed by atoms with Crippen LogP contribution in [0.4, 0.5) is 9.18 Å². The maximum atomic E-state index is 13.7. The number of aliphatic hydroxyl groups excluding tert-OH is 1. The number of hydrogen-bond donors (Lipinski definition) is 4. The third-order valence-corrected chi connectivity index (χ3v) is 3.31. The molecule has 8 heteroatoms. The van der Waals surface area contributed by atoms with E-state index in [0.29, 0.717) is 6.42 Å². The highest BCUT2D eigenvalue weighted by atomic mass is 35.5. The number of rotatable bonds is 7. The van der Waals surface area contributed by atoms with Crippen LogP contribution in [0.5, 0.6) is 0 Å². The second-order valence-electron chi connectivity index (χ2n) is 4.77. The Hall–Kier alpha value is -1.86. The van der Waals surface area contributed by atoms with Gasteiger partial charge in [0.2, 0.25) is 0 Å². The summed E-state index contributed by atoms with van der Waals surface area (Å²) >= 11 is 5.85. The SMILES string of the molecule is CC(NC(=O)NCCCC(=O)O)C(O)c1c(F)cccc1Cl. The predicted molar refractivity (Wildman–Crippen MR) is 79.2 cm³/mol. The summed E-state index contributed by atoms with van der Waals surface area (Å²) in [5.74, 6) is -1.60. The number of aliphatic hydroxyl groups is 1. The molecule has 0 saturated carbocycles. The average Bonchev–Trinajstić information content (AvgIpc) is 2.43. The van der Waals surface area contributed by atoms with Crippen molar-refractivity contribution < 1.29 is 24.2 Å². The molecular weight excluding hydrogens is 315 g/mol. The molecule has 0 spiro atoms. The number of carboxylic acids is 1. The third-order valence-electron chi connectivity index (χ3n) is 2.98. The largest absolute Gasteiger partial charge is 0.481 e.